The van der Waals surface area contributed by atoms with Gasteiger partial charge in [-0.3, -0.25) is 9.59 Å². The molecule has 0 fully saturated rings. The number of pyridine rings is 1. The largest absolute Gasteiger partial charge is 0.394 e. The van der Waals surface area contributed by atoms with Crippen LogP contribution < -0.4 is 11.3 Å². The first-order valence-corrected chi connectivity index (χ1v) is 6.53. The van der Waals surface area contributed by atoms with Gasteiger partial charge in [-0.15, -0.1) is 11.3 Å². The van der Waals surface area contributed by atoms with Crippen molar-refractivity contribution in [2.75, 3.05) is 5.73 Å². The molecule has 0 unspecified atom stereocenters. The number of aromatic nitrogens is 1. The van der Waals surface area contributed by atoms with Crippen molar-refractivity contribution in [2.24, 2.45) is 0 Å². The molecule has 0 aliphatic rings. The number of H-pyrrole nitrogens is 1. The van der Waals surface area contributed by atoms with Crippen LogP contribution in [-0.2, 0) is 6.42 Å². The summed E-state index contributed by atoms with van der Waals surface area (Å²) in [4.78, 5) is 27.3. The quantitative estimate of drug-likeness (QED) is 0.832. The molecule has 0 saturated carbocycles. The van der Waals surface area contributed by atoms with Gasteiger partial charge in [0.25, 0.3) is 5.56 Å². The minimum absolute atomic E-state index is 0.0100. The number of hydrogen-bond acceptors (Lipinski definition) is 4. The number of carbonyl (C=O) groups excluding carboxylic acids is 1. The molecular formula is C13H14N2O2S. The van der Waals surface area contributed by atoms with Crippen LogP contribution in [0.3, 0.4) is 0 Å². The molecule has 0 aromatic carbocycles. The molecule has 4 nitrogen and oxygen atoms in total. The van der Waals surface area contributed by atoms with E-state index in [1.165, 1.54) is 11.3 Å². The molecular weight excluding hydrogens is 248 g/mol. The van der Waals surface area contributed by atoms with Gasteiger partial charge in [0, 0.05) is 5.69 Å². The number of anilines is 1. The maximum Gasteiger partial charge on any atom is 0.272 e. The van der Waals surface area contributed by atoms with Crippen LogP contribution in [0.5, 0.6) is 0 Å². The highest BCUT2D eigenvalue weighted by atomic mass is 32.1. The zero-order valence-electron chi connectivity index (χ0n) is 10.2. The SMILES string of the molecule is CCc1c(C)[nH]c(=O)c(N)c1C(=O)c1cccs1. The van der Waals surface area contributed by atoms with E-state index < -0.39 is 5.56 Å². The summed E-state index contributed by atoms with van der Waals surface area (Å²) in [6.45, 7) is 3.72. The second kappa shape index (κ2) is 4.78. The van der Waals surface area contributed by atoms with Crippen LogP contribution in [0.15, 0.2) is 22.3 Å². The van der Waals surface area contributed by atoms with E-state index in [-0.39, 0.29) is 11.5 Å². The maximum absolute atomic E-state index is 12.4. The molecule has 94 valence electrons. The summed E-state index contributed by atoms with van der Waals surface area (Å²) in [5, 5.41) is 1.83. The predicted molar refractivity (Wildman–Crippen MR) is 73.3 cm³/mol. The van der Waals surface area contributed by atoms with Crippen LogP contribution in [0, 0.1) is 6.92 Å². The van der Waals surface area contributed by atoms with Gasteiger partial charge >= 0.3 is 0 Å². The summed E-state index contributed by atoms with van der Waals surface area (Å²) in [7, 11) is 0. The Morgan fingerprint density at radius 2 is 2.22 bits per heavy atom. The van der Waals surface area contributed by atoms with Crippen molar-refractivity contribution in [3.05, 3.63) is 49.6 Å². The van der Waals surface area contributed by atoms with Gasteiger partial charge in [-0.25, -0.2) is 0 Å². The molecule has 0 amide bonds. The Morgan fingerprint density at radius 3 is 2.78 bits per heavy atom. The summed E-state index contributed by atoms with van der Waals surface area (Å²) in [6, 6.07) is 3.54. The smallest absolute Gasteiger partial charge is 0.272 e. The Balaban J connectivity index is 2.70. The summed E-state index contributed by atoms with van der Waals surface area (Å²) >= 11 is 1.35. The normalized spacial score (nSPS) is 10.6. The number of nitrogen functional groups attached to an aromatic ring is 1. The molecule has 3 N–H and O–H groups in total. The van der Waals surface area contributed by atoms with Gasteiger partial charge in [0.05, 0.1) is 10.4 Å². The van der Waals surface area contributed by atoms with Crippen molar-refractivity contribution in [1.82, 2.24) is 4.98 Å². The van der Waals surface area contributed by atoms with Crippen molar-refractivity contribution >= 4 is 22.8 Å². The fraction of sp³-hybridized carbons (Fsp3) is 0.231. The fourth-order valence-electron chi connectivity index (χ4n) is 2.01. The van der Waals surface area contributed by atoms with Crippen LogP contribution in [0.25, 0.3) is 0 Å². The first-order valence-electron chi connectivity index (χ1n) is 5.65. The third-order valence-corrected chi connectivity index (χ3v) is 3.76. The van der Waals surface area contributed by atoms with Crippen molar-refractivity contribution in [3.63, 3.8) is 0 Å². The molecule has 0 atom stereocenters. The molecule has 0 bridgehead atoms. The molecule has 18 heavy (non-hydrogen) atoms. The van der Waals surface area contributed by atoms with Crippen LogP contribution in [0.2, 0.25) is 0 Å². The Bertz CT molecular complexity index is 642. The third-order valence-electron chi connectivity index (χ3n) is 2.90. The molecule has 2 heterocycles. The van der Waals surface area contributed by atoms with E-state index in [0.29, 0.717) is 22.6 Å². The van der Waals surface area contributed by atoms with Crippen molar-refractivity contribution in [2.45, 2.75) is 20.3 Å². The van der Waals surface area contributed by atoms with Gasteiger partial charge in [0.1, 0.15) is 5.69 Å². The highest BCUT2D eigenvalue weighted by molar-refractivity contribution is 7.12. The maximum atomic E-state index is 12.4. The first kappa shape index (κ1) is 12.6. The number of carbonyl (C=O) groups is 1. The van der Waals surface area contributed by atoms with E-state index in [0.717, 1.165) is 5.56 Å². The number of nitrogens with two attached hydrogens (primary N) is 1. The minimum atomic E-state index is -0.399. The summed E-state index contributed by atoms with van der Waals surface area (Å²) in [5.74, 6) is -0.173. The van der Waals surface area contributed by atoms with E-state index in [1.807, 2.05) is 12.3 Å². The predicted octanol–water partition coefficient (Wildman–Crippen LogP) is 2.12. The van der Waals surface area contributed by atoms with Gasteiger partial charge in [0.15, 0.2) is 0 Å². The molecule has 0 saturated heterocycles. The zero-order valence-corrected chi connectivity index (χ0v) is 11.1. The van der Waals surface area contributed by atoms with E-state index in [2.05, 4.69) is 4.98 Å². The number of thiophene rings is 1. The van der Waals surface area contributed by atoms with E-state index in [4.69, 9.17) is 5.73 Å². The van der Waals surface area contributed by atoms with Crippen molar-refractivity contribution < 1.29 is 4.79 Å². The average molecular weight is 262 g/mol. The van der Waals surface area contributed by atoms with Gasteiger partial charge < -0.3 is 10.7 Å². The lowest BCUT2D eigenvalue weighted by Crippen LogP contribution is -2.21. The molecule has 5 heteroatoms. The second-order valence-electron chi connectivity index (χ2n) is 4.01. The van der Waals surface area contributed by atoms with Crippen molar-refractivity contribution in [3.8, 4) is 0 Å². The molecule has 0 aliphatic carbocycles. The van der Waals surface area contributed by atoms with Crippen LogP contribution in [-0.4, -0.2) is 10.8 Å². The zero-order chi connectivity index (χ0) is 13.3. The van der Waals surface area contributed by atoms with E-state index in [9.17, 15) is 9.59 Å². The molecule has 2 rings (SSSR count). The summed E-state index contributed by atoms with van der Waals surface area (Å²) in [6.07, 6.45) is 0.652. The molecule has 2 aromatic heterocycles. The Hall–Kier alpha value is -1.88. The highest BCUT2D eigenvalue weighted by Crippen LogP contribution is 2.22. The lowest BCUT2D eigenvalue weighted by atomic mass is 9.98. The lowest BCUT2D eigenvalue weighted by Gasteiger charge is -2.11. The lowest BCUT2D eigenvalue weighted by molar-refractivity contribution is 0.104. The Kier molecular flexibility index (Phi) is 3.34. The molecule has 0 spiro atoms. The fourth-order valence-corrected chi connectivity index (χ4v) is 2.68. The number of aromatic amines is 1. The Labute approximate surface area is 108 Å². The van der Waals surface area contributed by atoms with Crippen LogP contribution in [0.4, 0.5) is 5.69 Å². The topological polar surface area (TPSA) is 75.9 Å². The number of ketones is 1. The van der Waals surface area contributed by atoms with Gasteiger partial charge in [-0.05, 0) is 30.4 Å². The minimum Gasteiger partial charge on any atom is -0.394 e. The van der Waals surface area contributed by atoms with E-state index >= 15 is 0 Å². The average Bonchev–Trinajstić information content (AvgIpc) is 2.86. The molecule has 2 aromatic rings. The number of nitrogens with one attached hydrogen (secondary N) is 1. The van der Waals surface area contributed by atoms with Gasteiger partial charge in [-0.1, -0.05) is 13.0 Å². The number of rotatable bonds is 3. The second-order valence-corrected chi connectivity index (χ2v) is 4.95. The molecule has 0 aliphatic heterocycles. The monoisotopic (exact) mass is 262 g/mol. The van der Waals surface area contributed by atoms with Crippen LogP contribution in [0.1, 0.15) is 33.4 Å². The third kappa shape index (κ3) is 1.97. The van der Waals surface area contributed by atoms with Gasteiger partial charge in [0.2, 0.25) is 5.78 Å². The van der Waals surface area contributed by atoms with E-state index in [1.54, 1.807) is 19.1 Å². The Morgan fingerprint density at radius 1 is 1.50 bits per heavy atom. The summed E-state index contributed by atoms with van der Waals surface area (Å²) in [5.41, 5.74) is 7.25. The first-order chi connectivity index (χ1) is 8.56. The van der Waals surface area contributed by atoms with Crippen LogP contribution >= 0.6 is 11.3 Å². The molecule has 0 radical (unpaired) electrons. The number of aryl methyl sites for hydroxylation is 1. The van der Waals surface area contributed by atoms with Gasteiger partial charge in [-0.2, -0.15) is 0 Å². The summed E-state index contributed by atoms with van der Waals surface area (Å²) < 4.78 is 0. The van der Waals surface area contributed by atoms with Crippen molar-refractivity contribution in [1.29, 1.82) is 0 Å². The number of hydrogen-bond donors (Lipinski definition) is 2. The standard InChI is InChI=1S/C13H14N2O2S/c1-3-8-7(2)15-13(17)11(14)10(8)12(16)9-5-4-6-18-9/h4-6H,3,14H2,1-2H3,(H,15,17). The highest BCUT2D eigenvalue weighted by Gasteiger charge is 2.20.